The maximum atomic E-state index is 12.5. The fraction of sp³-hybridized carbons (Fsp3) is 0.300. The van der Waals surface area contributed by atoms with Crippen LogP contribution in [0.1, 0.15) is 30.5 Å². The van der Waals surface area contributed by atoms with Gasteiger partial charge >= 0.3 is 0 Å². The van der Waals surface area contributed by atoms with E-state index < -0.39 is 6.10 Å². The highest BCUT2D eigenvalue weighted by Gasteiger charge is 2.29. The van der Waals surface area contributed by atoms with Gasteiger partial charge in [-0.1, -0.05) is 17.3 Å². The van der Waals surface area contributed by atoms with Crippen molar-refractivity contribution in [1.29, 1.82) is 0 Å². The van der Waals surface area contributed by atoms with E-state index in [0.29, 0.717) is 6.42 Å². The van der Waals surface area contributed by atoms with E-state index in [1.54, 1.807) is 14.2 Å². The lowest BCUT2D eigenvalue weighted by Crippen LogP contribution is -2.36. The monoisotopic (exact) mass is 354 g/mol. The molecule has 6 heteroatoms. The number of rotatable bonds is 6. The summed E-state index contributed by atoms with van der Waals surface area (Å²) >= 11 is 0. The average molecular weight is 354 g/mol. The summed E-state index contributed by atoms with van der Waals surface area (Å²) in [5, 5.41) is 7.03. The zero-order valence-electron chi connectivity index (χ0n) is 15.1. The Morgan fingerprint density at radius 1 is 1.15 bits per heavy atom. The lowest BCUT2D eigenvalue weighted by Gasteiger charge is -2.17. The number of ether oxygens (including phenoxy) is 2. The van der Waals surface area contributed by atoms with Crippen molar-refractivity contribution < 1.29 is 19.1 Å². The largest absolute Gasteiger partial charge is 0.497 e. The van der Waals surface area contributed by atoms with Gasteiger partial charge in [0.2, 0.25) is 6.10 Å². The van der Waals surface area contributed by atoms with Crippen molar-refractivity contribution in [1.82, 2.24) is 5.32 Å². The van der Waals surface area contributed by atoms with E-state index in [9.17, 15) is 4.79 Å². The first-order chi connectivity index (χ1) is 12.6. The van der Waals surface area contributed by atoms with Crippen molar-refractivity contribution in [2.24, 2.45) is 5.16 Å². The van der Waals surface area contributed by atoms with Gasteiger partial charge in [0.15, 0.2) is 0 Å². The summed E-state index contributed by atoms with van der Waals surface area (Å²) in [6.45, 7) is 1.92. The molecule has 3 rings (SSSR count). The van der Waals surface area contributed by atoms with Gasteiger partial charge in [-0.3, -0.25) is 4.79 Å². The quantitative estimate of drug-likeness (QED) is 0.866. The van der Waals surface area contributed by atoms with Crippen molar-refractivity contribution in [2.45, 2.75) is 25.5 Å². The van der Waals surface area contributed by atoms with Crippen molar-refractivity contribution in [3.63, 3.8) is 0 Å². The number of hydrogen-bond acceptors (Lipinski definition) is 5. The highest BCUT2D eigenvalue weighted by Crippen LogP contribution is 2.22. The van der Waals surface area contributed by atoms with Crippen LogP contribution in [0, 0.1) is 0 Å². The maximum absolute atomic E-state index is 12.5. The predicted molar refractivity (Wildman–Crippen MR) is 98.6 cm³/mol. The lowest BCUT2D eigenvalue weighted by atomic mass is 10.0. The van der Waals surface area contributed by atoms with Gasteiger partial charge in [-0.2, -0.15) is 0 Å². The molecule has 0 saturated carbocycles. The molecule has 2 aromatic rings. The number of carbonyl (C=O) groups is 1. The molecular weight excluding hydrogens is 332 g/mol. The van der Waals surface area contributed by atoms with Gasteiger partial charge in [-0.25, -0.2) is 0 Å². The maximum Gasteiger partial charge on any atom is 0.264 e. The minimum Gasteiger partial charge on any atom is -0.497 e. The van der Waals surface area contributed by atoms with Crippen LogP contribution in [-0.4, -0.2) is 31.9 Å². The normalized spacial score (nSPS) is 17.0. The third-order valence-corrected chi connectivity index (χ3v) is 4.34. The first-order valence-electron chi connectivity index (χ1n) is 8.42. The molecule has 1 aliphatic heterocycles. The van der Waals surface area contributed by atoms with Gasteiger partial charge in [0, 0.05) is 6.42 Å². The fourth-order valence-corrected chi connectivity index (χ4v) is 2.77. The van der Waals surface area contributed by atoms with E-state index in [4.69, 9.17) is 14.3 Å². The molecule has 0 fully saturated rings. The first kappa shape index (κ1) is 17.8. The third-order valence-electron chi connectivity index (χ3n) is 4.34. The Kier molecular flexibility index (Phi) is 5.41. The minimum atomic E-state index is -0.625. The molecule has 1 aliphatic rings. The van der Waals surface area contributed by atoms with Crippen LogP contribution >= 0.6 is 0 Å². The number of carbonyl (C=O) groups excluding carboxylic acids is 1. The molecule has 6 nitrogen and oxygen atoms in total. The van der Waals surface area contributed by atoms with Crippen LogP contribution < -0.4 is 14.8 Å². The number of methoxy groups -OCH3 is 2. The van der Waals surface area contributed by atoms with E-state index in [1.165, 1.54) is 0 Å². The van der Waals surface area contributed by atoms with Crippen molar-refractivity contribution in [3.8, 4) is 11.5 Å². The Morgan fingerprint density at radius 2 is 1.88 bits per heavy atom. The Morgan fingerprint density at radius 3 is 2.58 bits per heavy atom. The molecule has 1 heterocycles. The molecule has 2 unspecified atom stereocenters. The zero-order chi connectivity index (χ0) is 18.5. The molecule has 2 aromatic carbocycles. The third kappa shape index (κ3) is 3.96. The van der Waals surface area contributed by atoms with Crippen LogP contribution in [0.2, 0.25) is 0 Å². The molecule has 26 heavy (non-hydrogen) atoms. The van der Waals surface area contributed by atoms with E-state index >= 15 is 0 Å². The SMILES string of the molecule is COc1ccc(C2=NOC(C(=O)NC(C)c3cccc(OC)c3)C2)cc1. The molecule has 1 N–H and O–H groups in total. The average Bonchev–Trinajstić information content (AvgIpc) is 3.18. The second-order valence-corrected chi connectivity index (χ2v) is 6.07. The molecule has 0 spiro atoms. The van der Waals surface area contributed by atoms with E-state index in [2.05, 4.69) is 10.5 Å². The summed E-state index contributed by atoms with van der Waals surface area (Å²) in [7, 11) is 3.24. The predicted octanol–water partition coefficient (Wildman–Crippen LogP) is 3.07. The van der Waals surface area contributed by atoms with E-state index in [0.717, 1.165) is 28.3 Å². The second kappa shape index (κ2) is 7.91. The lowest BCUT2D eigenvalue weighted by molar-refractivity contribution is -0.131. The molecule has 0 aromatic heterocycles. The van der Waals surface area contributed by atoms with Gasteiger partial charge < -0.3 is 19.6 Å². The van der Waals surface area contributed by atoms with Gasteiger partial charge in [0.1, 0.15) is 11.5 Å². The smallest absolute Gasteiger partial charge is 0.264 e. The Bertz CT molecular complexity index is 802. The molecule has 136 valence electrons. The Balaban J connectivity index is 1.59. The summed E-state index contributed by atoms with van der Waals surface area (Å²) in [4.78, 5) is 17.8. The second-order valence-electron chi connectivity index (χ2n) is 6.07. The van der Waals surface area contributed by atoms with Gasteiger partial charge in [-0.15, -0.1) is 0 Å². The summed E-state index contributed by atoms with van der Waals surface area (Å²) in [5.41, 5.74) is 2.63. The topological polar surface area (TPSA) is 69.2 Å². The van der Waals surface area contributed by atoms with Crippen molar-refractivity contribution in [3.05, 3.63) is 59.7 Å². The number of nitrogens with zero attached hydrogens (tertiary/aromatic N) is 1. The van der Waals surface area contributed by atoms with E-state index in [1.807, 2.05) is 55.5 Å². The zero-order valence-corrected chi connectivity index (χ0v) is 15.1. The summed E-state index contributed by atoms with van der Waals surface area (Å²) in [6.07, 6.45) is -0.191. The highest BCUT2D eigenvalue weighted by molar-refractivity contribution is 6.04. The van der Waals surface area contributed by atoms with Crippen LogP contribution in [-0.2, 0) is 9.63 Å². The number of amides is 1. The number of benzene rings is 2. The summed E-state index contributed by atoms with van der Waals surface area (Å²) in [5.74, 6) is 1.34. The van der Waals surface area contributed by atoms with Crippen molar-refractivity contribution in [2.75, 3.05) is 14.2 Å². The first-order valence-corrected chi connectivity index (χ1v) is 8.42. The Hall–Kier alpha value is -3.02. The molecule has 0 saturated heterocycles. The molecule has 2 atom stereocenters. The molecule has 0 aliphatic carbocycles. The van der Waals surface area contributed by atoms with Crippen LogP contribution in [0.15, 0.2) is 53.7 Å². The van der Waals surface area contributed by atoms with Crippen molar-refractivity contribution >= 4 is 11.6 Å². The number of nitrogens with one attached hydrogen (secondary N) is 1. The Labute approximate surface area is 152 Å². The van der Waals surface area contributed by atoms with Gasteiger partial charge in [0.05, 0.1) is 26.0 Å². The fourth-order valence-electron chi connectivity index (χ4n) is 2.77. The van der Waals surface area contributed by atoms with Crippen LogP contribution in [0.4, 0.5) is 0 Å². The minimum absolute atomic E-state index is 0.161. The molecule has 0 radical (unpaired) electrons. The van der Waals surface area contributed by atoms with Crippen LogP contribution in [0.5, 0.6) is 11.5 Å². The van der Waals surface area contributed by atoms with Gasteiger partial charge in [0.25, 0.3) is 5.91 Å². The highest BCUT2D eigenvalue weighted by atomic mass is 16.6. The number of hydrogen-bond donors (Lipinski definition) is 1. The van der Waals surface area contributed by atoms with Gasteiger partial charge in [-0.05, 0) is 54.4 Å². The standard InChI is InChI=1S/C20H22N2O4/c1-13(15-5-4-6-17(11-15)25-3)21-20(23)19-12-18(22-26-19)14-7-9-16(24-2)10-8-14/h4-11,13,19H,12H2,1-3H3,(H,21,23). The summed E-state index contributed by atoms with van der Waals surface area (Å²) in [6, 6.07) is 15.0. The molecule has 0 bridgehead atoms. The van der Waals surface area contributed by atoms with Crippen LogP contribution in [0.3, 0.4) is 0 Å². The van der Waals surface area contributed by atoms with E-state index in [-0.39, 0.29) is 11.9 Å². The number of oxime groups is 1. The molecular formula is C20H22N2O4. The van der Waals surface area contributed by atoms with Crippen LogP contribution in [0.25, 0.3) is 0 Å². The summed E-state index contributed by atoms with van der Waals surface area (Å²) < 4.78 is 10.4. The molecule has 1 amide bonds.